The zero-order valence-corrected chi connectivity index (χ0v) is 8.41. The van der Waals surface area contributed by atoms with Crippen molar-refractivity contribution < 1.29 is 5.11 Å². The van der Waals surface area contributed by atoms with Crippen molar-refractivity contribution in [1.29, 1.82) is 0 Å². The lowest BCUT2D eigenvalue weighted by molar-refractivity contribution is 0.323. The lowest BCUT2D eigenvalue weighted by Gasteiger charge is -1.96. The molecule has 64 valence electrons. The van der Waals surface area contributed by atoms with Crippen molar-refractivity contribution in [3.05, 3.63) is 12.2 Å². The van der Waals surface area contributed by atoms with Crippen LogP contribution >= 0.6 is 21.6 Å². The van der Waals surface area contributed by atoms with E-state index in [0.717, 1.165) is 10.8 Å². The van der Waals surface area contributed by atoms with E-state index < -0.39 is 0 Å². The quantitative estimate of drug-likeness (QED) is 0.319. The molecule has 2 nitrogen and oxygen atoms in total. The first-order chi connectivity index (χ1) is 5.35. The molecule has 0 atom stereocenters. The molecule has 0 unspecified atom stereocenters. The maximum Gasteiger partial charge on any atom is 0.100 e. The molecule has 0 aliphatic carbocycles. The number of allylic oxidation sites excluding steroid dienone is 1. The summed E-state index contributed by atoms with van der Waals surface area (Å²) >= 11 is 0. The van der Waals surface area contributed by atoms with Crippen LogP contribution in [0.4, 0.5) is 0 Å². The van der Waals surface area contributed by atoms with Gasteiger partial charge in [0, 0.05) is 12.8 Å². The molecule has 0 spiro atoms. The molecule has 0 aliphatic heterocycles. The molecule has 0 amide bonds. The molecule has 0 aliphatic rings. The molecule has 1 N–H and O–H groups in total. The summed E-state index contributed by atoms with van der Waals surface area (Å²) in [6.45, 7) is 2.19. The molecule has 0 aromatic carbocycles. The van der Waals surface area contributed by atoms with Gasteiger partial charge in [-0.2, -0.15) is 0 Å². The fourth-order valence-corrected chi connectivity index (χ4v) is 2.19. The fraction of sp³-hybridized carbons (Fsp3) is 0.571. The number of aliphatic imine (C=N–C) groups is 1. The van der Waals surface area contributed by atoms with Gasteiger partial charge in [-0.05, 0) is 23.8 Å². The highest BCUT2D eigenvalue weighted by Gasteiger charge is 1.93. The van der Waals surface area contributed by atoms with E-state index in [1.54, 1.807) is 28.6 Å². The summed E-state index contributed by atoms with van der Waals surface area (Å²) in [6, 6.07) is 0. The summed E-state index contributed by atoms with van der Waals surface area (Å²) < 4.78 is 0. The highest BCUT2D eigenvalue weighted by Crippen LogP contribution is 2.22. The fourth-order valence-electron chi connectivity index (χ4n) is 0.421. The maximum atomic E-state index is 8.49. The van der Waals surface area contributed by atoms with Crippen LogP contribution in [0.1, 0.15) is 6.92 Å². The van der Waals surface area contributed by atoms with Crippen molar-refractivity contribution in [2.75, 3.05) is 19.4 Å². The lowest BCUT2D eigenvalue weighted by atomic mass is 10.6. The van der Waals surface area contributed by atoms with Gasteiger partial charge in [0.1, 0.15) is 5.04 Å². The standard InChI is InChI=1S/C7H13NOS2/c1-3-4-7(8-2)11-10-6-5-9/h3-4,9H,5-6H2,1-2H3/b4-3-,8-7?. The molecule has 0 fully saturated rings. The summed E-state index contributed by atoms with van der Waals surface area (Å²) in [5.74, 6) is 0.751. The van der Waals surface area contributed by atoms with Gasteiger partial charge in [0.05, 0.1) is 6.61 Å². The Balaban J connectivity index is 3.54. The van der Waals surface area contributed by atoms with Crippen molar-refractivity contribution in [1.82, 2.24) is 0 Å². The van der Waals surface area contributed by atoms with Crippen molar-refractivity contribution >= 4 is 26.6 Å². The van der Waals surface area contributed by atoms with Crippen LogP contribution in [0.3, 0.4) is 0 Å². The Morgan fingerprint density at radius 3 is 2.82 bits per heavy atom. The second-order valence-corrected chi connectivity index (χ2v) is 4.13. The van der Waals surface area contributed by atoms with Gasteiger partial charge in [0.2, 0.25) is 0 Å². The van der Waals surface area contributed by atoms with Crippen LogP contribution in [0.15, 0.2) is 17.1 Å². The zero-order chi connectivity index (χ0) is 8.53. The molecule has 0 radical (unpaired) electrons. The number of rotatable bonds is 4. The monoisotopic (exact) mass is 191 g/mol. The van der Waals surface area contributed by atoms with Gasteiger partial charge in [-0.3, -0.25) is 4.99 Å². The van der Waals surface area contributed by atoms with E-state index >= 15 is 0 Å². The molecule has 0 aromatic heterocycles. The number of hydrogen-bond acceptors (Lipinski definition) is 4. The Morgan fingerprint density at radius 1 is 1.64 bits per heavy atom. The predicted octanol–water partition coefficient (Wildman–Crippen LogP) is 1.96. The second kappa shape index (κ2) is 8.17. The molecular formula is C7H13NOS2. The van der Waals surface area contributed by atoms with Crippen LogP contribution in [0.25, 0.3) is 0 Å². The largest absolute Gasteiger partial charge is 0.395 e. The highest BCUT2D eigenvalue weighted by molar-refractivity contribution is 8.82. The Hall–Kier alpha value is 0.0700. The molecule has 0 bridgehead atoms. The van der Waals surface area contributed by atoms with Crippen LogP contribution in [-0.2, 0) is 0 Å². The van der Waals surface area contributed by atoms with Crippen LogP contribution in [-0.4, -0.2) is 29.6 Å². The molecular weight excluding hydrogens is 178 g/mol. The molecule has 0 aromatic rings. The molecule has 11 heavy (non-hydrogen) atoms. The zero-order valence-electron chi connectivity index (χ0n) is 6.78. The van der Waals surface area contributed by atoms with Crippen LogP contribution < -0.4 is 0 Å². The van der Waals surface area contributed by atoms with Crippen molar-refractivity contribution in [2.45, 2.75) is 6.92 Å². The van der Waals surface area contributed by atoms with Crippen molar-refractivity contribution in [2.24, 2.45) is 4.99 Å². The Labute approximate surface area is 75.6 Å². The Morgan fingerprint density at radius 2 is 2.36 bits per heavy atom. The normalized spacial score (nSPS) is 12.8. The number of nitrogens with zero attached hydrogens (tertiary/aromatic N) is 1. The molecule has 0 saturated carbocycles. The average molecular weight is 191 g/mol. The summed E-state index contributed by atoms with van der Waals surface area (Å²) in [6.07, 6.45) is 3.91. The Kier molecular flexibility index (Phi) is 8.22. The van der Waals surface area contributed by atoms with Crippen LogP contribution in [0.5, 0.6) is 0 Å². The van der Waals surface area contributed by atoms with E-state index in [0.29, 0.717) is 0 Å². The van der Waals surface area contributed by atoms with E-state index in [1.807, 2.05) is 19.1 Å². The number of aliphatic hydroxyl groups is 1. The molecule has 0 saturated heterocycles. The third-order valence-electron chi connectivity index (χ3n) is 0.849. The van der Waals surface area contributed by atoms with Gasteiger partial charge in [0.15, 0.2) is 0 Å². The summed E-state index contributed by atoms with van der Waals surface area (Å²) in [4.78, 5) is 4.04. The average Bonchev–Trinajstić information content (AvgIpc) is 2.03. The number of hydrogen-bond donors (Lipinski definition) is 1. The minimum atomic E-state index is 0.227. The van der Waals surface area contributed by atoms with Gasteiger partial charge in [-0.25, -0.2) is 0 Å². The first-order valence-corrected chi connectivity index (χ1v) is 5.66. The topological polar surface area (TPSA) is 32.6 Å². The predicted molar refractivity (Wildman–Crippen MR) is 55.3 cm³/mol. The van der Waals surface area contributed by atoms with Gasteiger partial charge in [-0.15, -0.1) is 0 Å². The third-order valence-corrected chi connectivity index (χ3v) is 3.17. The SMILES string of the molecule is C/C=C\C(=NC)SSCCO. The van der Waals surface area contributed by atoms with Crippen molar-refractivity contribution in [3.63, 3.8) is 0 Å². The van der Waals surface area contributed by atoms with Gasteiger partial charge < -0.3 is 5.11 Å². The van der Waals surface area contributed by atoms with Crippen LogP contribution in [0, 0.1) is 0 Å². The minimum absolute atomic E-state index is 0.227. The van der Waals surface area contributed by atoms with E-state index in [1.165, 1.54) is 0 Å². The van der Waals surface area contributed by atoms with E-state index in [-0.39, 0.29) is 6.61 Å². The smallest absolute Gasteiger partial charge is 0.100 e. The van der Waals surface area contributed by atoms with Gasteiger partial charge in [-0.1, -0.05) is 16.9 Å². The summed E-state index contributed by atoms with van der Waals surface area (Å²) in [5, 5.41) is 9.48. The second-order valence-electron chi connectivity index (χ2n) is 1.69. The molecule has 0 heterocycles. The molecule has 0 rings (SSSR count). The first-order valence-electron chi connectivity index (χ1n) is 3.35. The Bertz CT molecular complexity index is 145. The van der Waals surface area contributed by atoms with Crippen molar-refractivity contribution in [3.8, 4) is 0 Å². The van der Waals surface area contributed by atoms with E-state index in [4.69, 9.17) is 5.11 Å². The lowest BCUT2D eigenvalue weighted by Crippen LogP contribution is -1.86. The number of aliphatic hydroxyl groups excluding tert-OH is 1. The third kappa shape index (κ3) is 6.47. The van der Waals surface area contributed by atoms with E-state index in [2.05, 4.69) is 4.99 Å². The summed E-state index contributed by atoms with van der Waals surface area (Å²) in [7, 11) is 4.97. The van der Waals surface area contributed by atoms with E-state index in [9.17, 15) is 0 Å². The maximum absolute atomic E-state index is 8.49. The summed E-state index contributed by atoms with van der Waals surface area (Å²) in [5.41, 5.74) is 0. The van der Waals surface area contributed by atoms with Gasteiger partial charge in [0.25, 0.3) is 0 Å². The highest BCUT2D eigenvalue weighted by atomic mass is 33.1. The minimum Gasteiger partial charge on any atom is -0.395 e. The molecule has 4 heteroatoms. The van der Waals surface area contributed by atoms with Crippen LogP contribution in [0.2, 0.25) is 0 Å². The first kappa shape index (κ1) is 11.1. The van der Waals surface area contributed by atoms with Gasteiger partial charge >= 0.3 is 0 Å².